The smallest absolute Gasteiger partial charge is 0.432 e. The van der Waals surface area contributed by atoms with Crippen molar-refractivity contribution in [1.29, 1.82) is 0 Å². The number of amides is 3. The summed E-state index contributed by atoms with van der Waals surface area (Å²) in [5.74, 6) is -0.992. The Labute approximate surface area is 208 Å². The van der Waals surface area contributed by atoms with Gasteiger partial charge in [0.05, 0.1) is 16.9 Å². The first-order valence-corrected chi connectivity index (χ1v) is 11.0. The quantitative estimate of drug-likeness (QED) is 0.374. The van der Waals surface area contributed by atoms with Gasteiger partial charge in [0.15, 0.2) is 0 Å². The van der Waals surface area contributed by atoms with Crippen LogP contribution in [-0.4, -0.2) is 59.8 Å². The van der Waals surface area contributed by atoms with Crippen molar-refractivity contribution < 1.29 is 34.5 Å². The average molecular weight is 501 g/mol. The van der Waals surface area contributed by atoms with E-state index in [4.69, 9.17) is 0 Å². The number of rotatable bonds is 3. The Hall–Kier alpha value is -5.26. The molecule has 0 fully saturated rings. The third-order valence-corrected chi connectivity index (χ3v) is 6.32. The molecule has 5 rings (SSSR count). The summed E-state index contributed by atoms with van der Waals surface area (Å²) in [7, 11) is 0. The van der Waals surface area contributed by atoms with Crippen LogP contribution in [0.4, 0.5) is 25.8 Å². The minimum Gasteiger partial charge on any atom is -0.465 e. The van der Waals surface area contributed by atoms with Gasteiger partial charge in [-0.2, -0.15) is 9.78 Å². The number of fused-ring (bicyclic) bond motifs is 2. The maximum absolute atomic E-state index is 13.6. The zero-order valence-corrected chi connectivity index (χ0v) is 19.3. The van der Waals surface area contributed by atoms with Gasteiger partial charge in [0.1, 0.15) is 11.2 Å². The van der Waals surface area contributed by atoms with E-state index in [1.807, 2.05) is 0 Å². The van der Waals surface area contributed by atoms with Crippen molar-refractivity contribution in [2.24, 2.45) is 0 Å². The Bertz CT molecular complexity index is 1590. The number of nitrogens with zero attached hydrogens (tertiary/aromatic N) is 5. The van der Waals surface area contributed by atoms with Crippen molar-refractivity contribution in [2.75, 3.05) is 9.80 Å². The van der Waals surface area contributed by atoms with Gasteiger partial charge in [-0.1, -0.05) is 30.3 Å². The molecule has 1 unspecified atom stereocenters. The van der Waals surface area contributed by atoms with Crippen LogP contribution in [0.2, 0.25) is 0 Å². The minimum atomic E-state index is -1.83. The van der Waals surface area contributed by atoms with E-state index in [0.717, 1.165) is 11.0 Å². The fourth-order valence-electron chi connectivity index (χ4n) is 4.73. The molecular weight excluding hydrogens is 482 g/mol. The van der Waals surface area contributed by atoms with E-state index in [1.165, 1.54) is 25.4 Å². The number of hydrogen-bond donors (Lipinski definition) is 3. The lowest BCUT2D eigenvalue weighted by atomic mass is 9.86. The van der Waals surface area contributed by atoms with Gasteiger partial charge in [-0.25, -0.2) is 19.3 Å². The lowest BCUT2D eigenvalue weighted by Crippen LogP contribution is -2.65. The summed E-state index contributed by atoms with van der Waals surface area (Å²) in [6.07, 6.45) is -1.68. The molecule has 186 valence electrons. The van der Waals surface area contributed by atoms with Crippen LogP contribution >= 0.6 is 0 Å². The van der Waals surface area contributed by atoms with E-state index in [2.05, 4.69) is 10.1 Å². The molecule has 0 aliphatic carbocycles. The summed E-state index contributed by atoms with van der Waals surface area (Å²) in [6.45, 7) is 1.37. The van der Waals surface area contributed by atoms with Crippen molar-refractivity contribution in [2.45, 2.75) is 18.9 Å². The third kappa shape index (κ3) is 3.62. The van der Waals surface area contributed by atoms with Gasteiger partial charge < -0.3 is 15.3 Å². The fourth-order valence-corrected chi connectivity index (χ4v) is 4.73. The lowest BCUT2D eigenvalue weighted by molar-refractivity contribution is -0.123. The van der Waals surface area contributed by atoms with Crippen LogP contribution in [-0.2, 0) is 11.2 Å². The Morgan fingerprint density at radius 2 is 1.57 bits per heavy atom. The van der Waals surface area contributed by atoms with Crippen LogP contribution in [0.1, 0.15) is 12.5 Å². The molecule has 1 aliphatic rings. The van der Waals surface area contributed by atoms with E-state index in [9.17, 15) is 34.5 Å². The van der Waals surface area contributed by atoms with Gasteiger partial charge in [-0.05, 0) is 36.8 Å². The number of benzene rings is 2. The molecule has 0 spiro atoms. The second kappa shape index (κ2) is 8.45. The van der Waals surface area contributed by atoms with E-state index in [1.54, 1.807) is 42.5 Å². The topological polar surface area (TPSA) is 166 Å². The third-order valence-electron chi connectivity index (χ3n) is 6.32. The number of carbonyl (C=O) groups is 4. The van der Waals surface area contributed by atoms with Crippen molar-refractivity contribution in [1.82, 2.24) is 14.8 Å². The Kier molecular flexibility index (Phi) is 5.36. The zero-order valence-electron chi connectivity index (χ0n) is 19.3. The summed E-state index contributed by atoms with van der Waals surface area (Å²) >= 11 is 0. The molecule has 1 atom stereocenters. The van der Waals surface area contributed by atoms with Gasteiger partial charge in [0.2, 0.25) is 0 Å². The van der Waals surface area contributed by atoms with Gasteiger partial charge in [0.25, 0.3) is 5.91 Å². The van der Waals surface area contributed by atoms with Gasteiger partial charge in [0, 0.05) is 29.8 Å². The van der Waals surface area contributed by atoms with Crippen LogP contribution in [0.3, 0.4) is 0 Å². The maximum atomic E-state index is 13.6. The molecule has 12 nitrogen and oxygen atoms in total. The molecule has 3 amide bonds. The molecule has 0 saturated carbocycles. The molecule has 3 N–H and O–H groups in total. The van der Waals surface area contributed by atoms with Crippen molar-refractivity contribution in [3.8, 4) is 11.3 Å². The maximum Gasteiger partial charge on any atom is 0.432 e. The first-order chi connectivity index (χ1) is 17.6. The van der Waals surface area contributed by atoms with Crippen LogP contribution < -0.4 is 9.80 Å². The first-order valence-electron chi connectivity index (χ1n) is 11.0. The number of hydrogen-bond acceptors (Lipinski definition) is 6. The molecule has 2 aromatic carbocycles. The molecule has 0 saturated heterocycles. The van der Waals surface area contributed by atoms with Gasteiger partial charge >= 0.3 is 18.3 Å². The summed E-state index contributed by atoms with van der Waals surface area (Å²) < 4.78 is 0.652. The second-order valence-electron chi connectivity index (χ2n) is 8.61. The van der Waals surface area contributed by atoms with Crippen LogP contribution in [0.25, 0.3) is 22.2 Å². The number of carbonyl (C=O) groups excluding carboxylic acids is 1. The van der Waals surface area contributed by atoms with Crippen LogP contribution in [0.5, 0.6) is 0 Å². The predicted molar refractivity (Wildman–Crippen MR) is 131 cm³/mol. The normalized spacial score (nSPS) is 17.1. The molecule has 3 heterocycles. The highest BCUT2D eigenvalue weighted by atomic mass is 16.4. The molecule has 1 aliphatic heterocycles. The predicted octanol–water partition coefficient (Wildman–Crippen LogP) is 4.13. The SMILES string of the molecule is CC1(Cc2ccccc2)C(=O)N(C(=O)O)c2cc3c(cc2N1C(=O)O)c(-c1ccncc1)nn3C(=O)O. The van der Waals surface area contributed by atoms with Crippen molar-refractivity contribution in [3.63, 3.8) is 0 Å². The van der Waals surface area contributed by atoms with Crippen LogP contribution in [0, 0.1) is 0 Å². The van der Waals surface area contributed by atoms with Crippen molar-refractivity contribution >= 4 is 46.5 Å². The summed E-state index contributed by atoms with van der Waals surface area (Å²) in [5, 5.41) is 34.4. The summed E-state index contributed by atoms with van der Waals surface area (Å²) in [4.78, 5) is 55.8. The van der Waals surface area contributed by atoms with E-state index in [0.29, 0.717) is 20.7 Å². The standard InChI is InChI=1S/C25H19N5O7/c1-25(13-14-5-3-2-4-6-14)21(31)28(22(32)33)18-12-17-16(11-19(18)29(25)23(34)35)20(27-30(17)24(36)37)15-7-9-26-10-8-15/h2-12H,13H2,1H3,(H,32,33)(H,34,35)(H,36,37). The summed E-state index contributed by atoms with van der Waals surface area (Å²) in [6, 6.07) is 14.4. The number of pyridine rings is 1. The molecular formula is C25H19N5O7. The van der Waals surface area contributed by atoms with E-state index >= 15 is 0 Å². The summed E-state index contributed by atoms with van der Waals surface area (Å²) in [5.41, 5.74) is -0.884. The Morgan fingerprint density at radius 3 is 2.16 bits per heavy atom. The molecule has 2 aromatic heterocycles. The molecule has 12 heteroatoms. The zero-order chi connectivity index (χ0) is 26.5. The lowest BCUT2D eigenvalue weighted by Gasteiger charge is -2.45. The number of aromatic nitrogens is 3. The molecule has 0 bridgehead atoms. The van der Waals surface area contributed by atoms with Crippen LogP contribution in [0.15, 0.2) is 67.0 Å². The molecule has 37 heavy (non-hydrogen) atoms. The molecule has 0 radical (unpaired) electrons. The van der Waals surface area contributed by atoms with Gasteiger partial charge in [-0.3, -0.25) is 14.7 Å². The van der Waals surface area contributed by atoms with E-state index < -0.39 is 29.7 Å². The highest BCUT2D eigenvalue weighted by Crippen LogP contribution is 2.45. The van der Waals surface area contributed by atoms with Gasteiger partial charge in [-0.15, -0.1) is 0 Å². The molecule has 4 aromatic rings. The number of imide groups is 1. The largest absolute Gasteiger partial charge is 0.465 e. The number of carboxylic acid groups (broad SMARTS) is 3. The van der Waals surface area contributed by atoms with E-state index in [-0.39, 0.29) is 34.4 Å². The Morgan fingerprint density at radius 1 is 0.892 bits per heavy atom. The first kappa shape index (κ1) is 23.5. The Balaban J connectivity index is 1.83. The van der Waals surface area contributed by atoms with Crippen molar-refractivity contribution in [3.05, 3.63) is 72.6 Å². The highest BCUT2D eigenvalue weighted by Gasteiger charge is 2.53. The fraction of sp³-hybridized carbons (Fsp3) is 0.120. The highest BCUT2D eigenvalue weighted by molar-refractivity contribution is 6.25. The monoisotopic (exact) mass is 501 g/mol. The number of anilines is 2. The minimum absolute atomic E-state index is 0.0193. The average Bonchev–Trinajstić information content (AvgIpc) is 3.23. The second-order valence-corrected chi connectivity index (χ2v) is 8.61.